The molecule has 1 aliphatic heterocycles. The summed E-state index contributed by atoms with van der Waals surface area (Å²) in [4.78, 5) is 21.3. The number of carbonyl (C=O) groups is 1. The number of amides is 1. The highest BCUT2D eigenvalue weighted by Gasteiger charge is 2.25. The summed E-state index contributed by atoms with van der Waals surface area (Å²) in [5, 5.41) is 7.58. The number of hydrogen-bond acceptors (Lipinski definition) is 8. The van der Waals surface area contributed by atoms with Crippen LogP contribution in [0.25, 0.3) is 0 Å². The van der Waals surface area contributed by atoms with E-state index in [4.69, 9.17) is 4.52 Å². The molecule has 1 amide bonds. The minimum atomic E-state index is -0.224. The number of rotatable bonds is 4. The van der Waals surface area contributed by atoms with Crippen LogP contribution in [0.4, 0.5) is 10.9 Å². The van der Waals surface area contributed by atoms with Gasteiger partial charge in [0.1, 0.15) is 11.6 Å². The molecular formula is C15H22N6O2S. The van der Waals surface area contributed by atoms with Gasteiger partial charge in [-0.05, 0) is 27.2 Å². The maximum absolute atomic E-state index is 12.4. The van der Waals surface area contributed by atoms with Gasteiger partial charge in [-0.1, -0.05) is 5.16 Å². The van der Waals surface area contributed by atoms with Gasteiger partial charge in [-0.15, -0.1) is 0 Å². The van der Waals surface area contributed by atoms with Crippen molar-refractivity contribution in [3.8, 4) is 0 Å². The Bertz CT molecular complexity index is 700. The number of nitrogens with one attached hydrogen (secondary N) is 1. The lowest BCUT2D eigenvalue weighted by Gasteiger charge is -2.26. The van der Waals surface area contributed by atoms with Gasteiger partial charge in [-0.25, -0.2) is 4.98 Å². The molecule has 8 nitrogen and oxygen atoms in total. The Morgan fingerprint density at radius 1 is 1.33 bits per heavy atom. The first-order chi connectivity index (χ1) is 11.5. The van der Waals surface area contributed by atoms with Gasteiger partial charge in [0, 0.05) is 43.8 Å². The van der Waals surface area contributed by atoms with Crippen LogP contribution in [-0.4, -0.2) is 57.5 Å². The molecule has 0 saturated carbocycles. The molecule has 0 bridgehead atoms. The molecule has 0 unspecified atom stereocenters. The van der Waals surface area contributed by atoms with Crippen molar-refractivity contribution in [3.63, 3.8) is 0 Å². The van der Waals surface area contributed by atoms with E-state index in [9.17, 15) is 4.79 Å². The molecule has 1 fully saturated rings. The van der Waals surface area contributed by atoms with Crippen LogP contribution in [0.15, 0.2) is 10.6 Å². The van der Waals surface area contributed by atoms with Crippen molar-refractivity contribution in [2.24, 2.45) is 0 Å². The van der Waals surface area contributed by atoms with E-state index in [1.54, 1.807) is 13.0 Å². The zero-order valence-corrected chi connectivity index (χ0v) is 15.0. The lowest BCUT2D eigenvalue weighted by atomic mass is 10.2. The minimum Gasteiger partial charge on any atom is -0.360 e. The van der Waals surface area contributed by atoms with E-state index in [2.05, 4.69) is 29.6 Å². The molecule has 2 aromatic heterocycles. The number of aryl methyl sites for hydroxylation is 2. The summed E-state index contributed by atoms with van der Waals surface area (Å²) in [5.41, 5.74) is 0. The van der Waals surface area contributed by atoms with Crippen LogP contribution < -0.4 is 10.2 Å². The second kappa shape index (κ2) is 7.27. The third-order valence-corrected chi connectivity index (χ3v) is 4.99. The molecule has 2 aromatic rings. The van der Waals surface area contributed by atoms with Gasteiger partial charge >= 0.3 is 0 Å². The largest absolute Gasteiger partial charge is 0.360 e. The van der Waals surface area contributed by atoms with Gasteiger partial charge in [0.05, 0.1) is 6.04 Å². The Morgan fingerprint density at radius 3 is 2.83 bits per heavy atom. The van der Waals surface area contributed by atoms with Gasteiger partial charge in [0.2, 0.25) is 11.0 Å². The smallest absolute Gasteiger partial charge is 0.242 e. The quantitative estimate of drug-likeness (QED) is 0.897. The van der Waals surface area contributed by atoms with Crippen LogP contribution in [0, 0.1) is 13.8 Å². The minimum absolute atomic E-state index is 0.0662. The van der Waals surface area contributed by atoms with Crippen LogP contribution in [-0.2, 0) is 4.79 Å². The molecule has 9 heteroatoms. The summed E-state index contributed by atoms with van der Waals surface area (Å²) >= 11 is 1.43. The lowest BCUT2D eigenvalue weighted by Crippen LogP contribution is -2.44. The highest BCUT2D eigenvalue weighted by atomic mass is 32.1. The highest BCUT2D eigenvalue weighted by molar-refractivity contribution is 7.09. The standard InChI is InChI=1S/C15H22N6O2S/c1-10-9-13(18-23-10)17-14(22)11(2)20-5-4-6-21(8-7-20)15-16-12(3)19-24-15/h9,11H,4-8H2,1-3H3,(H,17,18,22)/t11-/m1/s1. The summed E-state index contributed by atoms with van der Waals surface area (Å²) in [6.07, 6.45) is 0.985. The lowest BCUT2D eigenvalue weighted by molar-refractivity contribution is -0.120. The number of aromatic nitrogens is 3. The van der Waals surface area contributed by atoms with Gasteiger partial charge in [0.15, 0.2) is 5.82 Å². The Balaban J connectivity index is 1.57. The van der Waals surface area contributed by atoms with E-state index in [1.165, 1.54) is 11.5 Å². The molecule has 130 valence electrons. The predicted molar refractivity (Wildman–Crippen MR) is 92.4 cm³/mol. The number of hydrogen-bond donors (Lipinski definition) is 1. The third kappa shape index (κ3) is 3.90. The van der Waals surface area contributed by atoms with Crippen molar-refractivity contribution >= 4 is 28.4 Å². The van der Waals surface area contributed by atoms with E-state index < -0.39 is 0 Å². The molecule has 3 rings (SSSR count). The van der Waals surface area contributed by atoms with E-state index in [1.807, 2.05) is 13.8 Å². The van der Waals surface area contributed by atoms with E-state index in [-0.39, 0.29) is 11.9 Å². The van der Waals surface area contributed by atoms with E-state index in [0.29, 0.717) is 11.6 Å². The van der Waals surface area contributed by atoms with Gasteiger partial charge in [-0.3, -0.25) is 9.69 Å². The Hall–Kier alpha value is -2.00. The van der Waals surface area contributed by atoms with Crippen molar-refractivity contribution in [2.75, 3.05) is 36.4 Å². The van der Waals surface area contributed by atoms with Crippen LogP contribution in [0.2, 0.25) is 0 Å². The molecule has 24 heavy (non-hydrogen) atoms. The first kappa shape index (κ1) is 16.8. The van der Waals surface area contributed by atoms with Gasteiger partial charge in [-0.2, -0.15) is 4.37 Å². The molecule has 1 saturated heterocycles. The molecule has 0 spiro atoms. The summed E-state index contributed by atoms with van der Waals surface area (Å²) in [6.45, 7) is 9.09. The fourth-order valence-electron chi connectivity index (χ4n) is 2.75. The molecule has 0 aliphatic carbocycles. The van der Waals surface area contributed by atoms with Crippen molar-refractivity contribution in [1.82, 2.24) is 19.4 Å². The average Bonchev–Trinajstić information content (AvgIpc) is 3.07. The number of anilines is 2. The number of nitrogens with zero attached hydrogens (tertiary/aromatic N) is 5. The third-order valence-electron chi connectivity index (χ3n) is 4.12. The summed E-state index contributed by atoms with van der Waals surface area (Å²) in [7, 11) is 0. The molecule has 3 heterocycles. The van der Waals surface area contributed by atoms with Crippen LogP contribution in [0.1, 0.15) is 24.9 Å². The molecule has 1 aliphatic rings. The average molecular weight is 350 g/mol. The van der Waals surface area contributed by atoms with Crippen LogP contribution >= 0.6 is 11.5 Å². The van der Waals surface area contributed by atoms with Gasteiger partial charge in [0.25, 0.3) is 0 Å². The highest BCUT2D eigenvalue weighted by Crippen LogP contribution is 2.19. The van der Waals surface area contributed by atoms with Crippen molar-refractivity contribution in [1.29, 1.82) is 0 Å². The monoisotopic (exact) mass is 350 g/mol. The SMILES string of the molecule is Cc1nsc(N2CCCN([C@H](C)C(=O)Nc3cc(C)on3)CC2)n1. The zero-order valence-electron chi connectivity index (χ0n) is 14.2. The number of carbonyl (C=O) groups excluding carboxylic acids is 1. The van der Waals surface area contributed by atoms with Crippen LogP contribution in [0.5, 0.6) is 0 Å². The predicted octanol–water partition coefficient (Wildman–Crippen LogP) is 1.68. The first-order valence-corrected chi connectivity index (χ1v) is 8.84. The summed E-state index contributed by atoms with van der Waals surface area (Å²) < 4.78 is 9.23. The zero-order chi connectivity index (χ0) is 17.1. The van der Waals surface area contributed by atoms with Crippen molar-refractivity contribution in [2.45, 2.75) is 33.2 Å². The molecule has 0 aromatic carbocycles. The fourth-order valence-corrected chi connectivity index (χ4v) is 3.48. The maximum atomic E-state index is 12.4. The summed E-state index contributed by atoms with van der Waals surface area (Å²) in [6, 6.07) is 1.49. The normalized spacial score (nSPS) is 17.5. The Kier molecular flexibility index (Phi) is 5.10. The van der Waals surface area contributed by atoms with E-state index in [0.717, 1.165) is 43.6 Å². The molecule has 0 radical (unpaired) electrons. The maximum Gasteiger partial charge on any atom is 0.242 e. The van der Waals surface area contributed by atoms with Crippen molar-refractivity contribution < 1.29 is 9.32 Å². The molecule has 1 N–H and O–H groups in total. The second-order valence-electron chi connectivity index (χ2n) is 5.99. The van der Waals surface area contributed by atoms with Gasteiger partial charge < -0.3 is 14.7 Å². The van der Waals surface area contributed by atoms with E-state index >= 15 is 0 Å². The first-order valence-electron chi connectivity index (χ1n) is 8.06. The fraction of sp³-hybridized carbons (Fsp3) is 0.600. The molecule has 1 atom stereocenters. The summed E-state index contributed by atoms with van der Waals surface area (Å²) in [5.74, 6) is 1.89. The van der Waals surface area contributed by atoms with Crippen LogP contribution in [0.3, 0.4) is 0 Å². The molecular weight excluding hydrogens is 328 g/mol. The Labute approximate surface area is 145 Å². The van der Waals surface area contributed by atoms with Crippen molar-refractivity contribution in [3.05, 3.63) is 17.7 Å². The topological polar surface area (TPSA) is 87.4 Å². The second-order valence-corrected chi connectivity index (χ2v) is 6.72. The Morgan fingerprint density at radius 2 is 2.17 bits per heavy atom.